The molecule has 5 nitrogen and oxygen atoms in total. The Bertz CT molecular complexity index is 537. The molecule has 1 heterocycles. The van der Waals surface area contributed by atoms with Crippen LogP contribution in [-0.2, 0) is 0 Å². The van der Waals surface area contributed by atoms with Gasteiger partial charge in [0.25, 0.3) is 0 Å². The average Bonchev–Trinajstić information content (AvgIpc) is 2.71. The van der Waals surface area contributed by atoms with Crippen molar-refractivity contribution in [1.29, 1.82) is 0 Å². The maximum atomic E-state index is 12.2. The summed E-state index contributed by atoms with van der Waals surface area (Å²) in [7, 11) is 0. The number of nitrogens with zero attached hydrogens (tertiary/aromatic N) is 1. The van der Waals surface area contributed by atoms with E-state index in [2.05, 4.69) is 35.1 Å². The molecule has 1 aliphatic heterocycles. The Morgan fingerprint density at radius 3 is 2.45 bits per heavy atom. The van der Waals surface area contributed by atoms with Gasteiger partial charge in [-0.2, -0.15) is 0 Å². The lowest BCUT2D eigenvalue weighted by molar-refractivity contribution is 0.0698. The summed E-state index contributed by atoms with van der Waals surface area (Å²) in [4.78, 5) is 25.1. The SMILES string of the molecule is CC1CN(C(=O)Nc2ccc(Br)cc2C(=O)O)CC1C. The number of carbonyl (C=O) groups excluding carboxylic acids is 1. The molecule has 0 saturated carbocycles. The number of amides is 2. The van der Waals surface area contributed by atoms with Crippen molar-refractivity contribution in [3.63, 3.8) is 0 Å². The average molecular weight is 341 g/mol. The van der Waals surface area contributed by atoms with Crippen molar-refractivity contribution < 1.29 is 14.7 Å². The number of urea groups is 1. The number of hydrogen-bond acceptors (Lipinski definition) is 2. The van der Waals surface area contributed by atoms with E-state index in [1.807, 2.05) is 0 Å². The van der Waals surface area contributed by atoms with Gasteiger partial charge < -0.3 is 15.3 Å². The Morgan fingerprint density at radius 2 is 1.90 bits per heavy atom. The summed E-state index contributed by atoms with van der Waals surface area (Å²) < 4.78 is 0.663. The molecule has 108 valence electrons. The summed E-state index contributed by atoms with van der Waals surface area (Å²) in [5.41, 5.74) is 0.394. The van der Waals surface area contributed by atoms with Gasteiger partial charge >= 0.3 is 12.0 Å². The highest BCUT2D eigenvalue weighted by atomic mass is 79.9. The van der Waals surface area contributed by atoms with Gasteiger partial charge in [-0.15, -0.1) is 0 Å². The Hall–Kier alpha value is -1.56. The number of halogens is 1. The normalized spacial score (nSPS) is 21.9. The van der Waals surface area contributed by atoms with E-state index in [0.717, 1.165) is 0 Å². The van der Waals surface area contributed by atoms with Gasteiger partial charge in [0.05, 0.1) is 11.3 Å². The topological polar surface area (TPSA) is 69.6 Å². The number of aromatic carboxylic acids is 1. The predicted molar refractivity (Wildman–Crippen MR) is 80.0 cm³/mol. The first kappa shape index (κ1) is 14.8. The lowest BCUT2D eigenvalue weighted by atomic mass is 10.0. The van der Waals surface area contributed by atoms with E-state index in [4.69, 9.17) is 5.11 Å². The number of carboxylic acids is 1. The van der Waals surface area contributed by atoms with Crippen molar-refractivity contribution >= 4 is 33.6 Å². The van der Waals surface area contributed by atoms with E-state index < -0.39 is 5.97 Å². The third kappa shape index (κ3) is 3.12. The fourth-order valence-corrected chi connectivity index (χ4v) is 2.65. The van der Waals surface area contributed by atoms with E-state index in [1.165, 1.54) is 6.07 Å². The second-order valence-electron chi connectivity index (χ2n) is 5.28. The summed E-state index contributed by atoms with van der Waals surface area (Å²) in [6.45, 7) is 5.62. The van der Waals surface area contributed by atoms with Gasteiger partial charge in [-0.25, -0.2) is 9.59 Å². The van der Waals surface area contributed by atoms with Gasteiger partial charge in [-0.05, 0) is 30.0 Å². The number of nitrogens with one attached hydrogen (secondary N) is 1. The van der Waals surface area contributed by atoms with Gasteiger partial charge in [0.15, 0.2) is 0 Å². The summed E-state index contributed by atoms with van der Waals surface area (Å²) in [5, 5.41) is 11.9. The molecule has 6 heteroatoms. The van der Waals surface area contributed by atoms with Crippen LogP contribution < -0.4 is 5.32 Å². The Kier molecular flexibility index (Phi) is 4.32. The zero-order valence-electron chi connectivity index (χ0n) is 11.4. The number of carboxylic acid groups (broad SMARTS) is 1. The zero-order chi connectivity index (χ0) is 14.9. The molecule has 2 atom stereocenters. The summed E-state index contributed by atoms with van der Waals surface area (Å²) in [5.74, 6) is -0.140. The molecule has 0 aliphatic carbocycles. The van der Waals surface area contributed by atoms with Gasteiger partial charge in [0.2, 0.25) is 0 Å². The summed E-state index contributed by atoms with van der Waals surface area (Å²) in [6.07, 6.45) is 0. The molecule has 0 aromatic heterocycles. The molecule has 1 saturated heterocycles. The first-order chi connectivity index (χ1) is 9.38. The van der Waals surface area contributed by atoms with Crippen LogP contribution in [0, 0.1) is 11.8 Å². The maximum Gasteiger partial charge on any atom is 0.337 e. The first-order valence-corrected chi connectivity index (χ1v) is 7.26. The van der Waals surface area contributed by atoms with Gasteiger partial charge in [0, 0.05) is 17.6 Å². The number of rotatable bonds is 2. The minimum atomic E-state index is -1.07. The highest BCUT2D eigenvalue weighted by Crippen LogP contribution is 2.25. The van der Waals surface area contributed by atoms with Gasteiger partial charge in [-0.1, -0.05) is 29.8 Å². The van der Waals surface area contributed by atoms with Crippen molar-refractivity contribution in [1.82, 2.24) is 4.90 Å². The quantitative estimate of drug-likeness (QED) is 0.867. The second-order valence-corrected chi connectivity index (χ2v) is 6.20. The third-order valence-corrected chi connectivity index (χ3v) is 4.22. The maximum absolute atomic E-state index is 12.2. The van der Waals surface area contributed by atoms with Crippen LogP contribution in [0.5, 0.6) is 0 Å². The smallest absolute Gasteiger partial charge is 0.337 e. The molecule has 0 spiro atoms. The number of hydrogen-bond donors (Lipinski definition) is 2. The van der Waals surface area contributed by atoms with Crippen LogP contribution in [0.15, 0.2) is 22.7 Å². The van der Waals surface area contributed by atoms with Crippen LogP contribution in [0.1, 0.15) is 24.2 Å². The number of benzene rings is 1. The minimum Gasteiger partial charge on any atom is -0.478 e. The summed E-state index contributed by atoms with van der Waals surface area (Å²) >= 11 is 3.23. The Morgan fingerprint density at radius 1 is 1.30 bits per heavy atom. The van der Waals surface area contributed by atoms with Crippen molar-refractivity contribution in [2.75, 3.05) is 18.4 Å². The van der Waals surface area contributed by atoms with Crippen molar-refractivity contribution in [3.8, 4) is 0 Å². The van der Waals surface area contributed by atoms with Gasteiger partial charge in [-0.3, -0.25) is 0 Å². The van der Waals surface area contributed by atoms with Crippen LogP contribution >= 0.6 is 15.9 Å². The fourth-order valence-electron chi connectivity index (χ4n) is 2.29. The van der Waals surface area contributed by atoms with Crippen LogP contribution in [0.3, 0.4) is 0 Å². The molecule has 2 amide bonds. The van der Waals surface area contributed by atoms with Crippen LogP contribution in [0.2, 0.25) is 0 Å². The standard InChI is InChI=1S/C14H17BrN2O3/c1-8-6-17(7-9(8)2)14(20)16-12-4-3-10(15)5-11(12)13(18)19/h3-5,8-9H,6-7H2,1-2H3,(H,16,20)(H,18,19). The molecule has 2 unspecified atom stereocenters. The molecule has 20 heavy (non-hydrogen) atoms. The lowest BCUT2D eigenvalue weighted by Gasteiger charge is -2.18. The number of likely N-dealkylation sites (tertiary alicyclic amines) is 1. The molecular weight excluding hydrogens is 324 g/mol. The predicted octanol–water partition coefficient (Wildman–Crippen LogP) is 3.27. The van der Waals surface area contributed by atoms with Crippen molar-refractivity contribution in [2.24, 2.45) is 11.8 Å². The molecule has 1 aliphatic rings. The molecule has 0 radical (unpaired) electrons. The van der Waals surface area contributed by atoms with E-state index in [-0.39, 0.29) is 11.6 Å². The Labute approximate surface area is 126 Å². The minimum absolute atomic E-state index is 0.0769. The van der Waals surface area contributed by atoms with E-state index >= 15 is 0 Å². The van der Waals surface area contributed by atoms with Crippen molar-refractivity contribution in [2.45, 2.75) is 13.8 Å². The van der Waals surface area contributed by atoms with E-state index in [0.29, 0.717) is 35.1 Å². The van der Waals surface area contributed by atoms with Crippen molar-refractivity contribution in [3.05, 3.63) is 28.2 Å². The Balaban J connectivity index is 2.14. The molecule has 2 N–H and O–H groups in total. The van der Waals surface area contributed by atoms with Crippen LogP contribution in [0.25, 0.3) is 0 Å². The lowest BCUT2D eigenvalue weighted by Crippen LogP contribution is -2.33. The molecule has 2 rings (SSSR count). The number of carbonyl (C=O) groups is 2. The molecule has 1 aromatic rings. The van der Waals surface area contributed by atoms with Gasteiger partial charge in [0.1, 0.15) is 0 Å². The first-order valence-electron chi connectivity index (χ1n) is 6.47. The molecule has 1 fully saturated rings. The van der Waals surface area contributed by atoms with Crippen LogP contribution in [-0.4, -0.2) is 35.1 Å². The monoisotopic (exact) mass is 340 g/mol. The highest BCUT2D eigenvalue weighted by Gasteiger charge is 2.29. The van der Waals surface area contributed by atoms with Crippen LogP contribution in [0.4, 0.5) is 10.5 Å². The van der Waals surface area contributed by atoms with E-state index in [9.17, 15) is 9.59 Å². The fraction of sp³-hybridized carbons (Fsp3) is 0.429. The zero-order valence-corrected chi connectivity index (χ0v) is 13.0. The molecule has 1 aromatic carbocycles. The molecule has 0 bridgehead atoms. The number of anilines is 1. The van der Waals surface area contributed by atoms with E-state index in [1.54, 1.807) is 17.0 Å². The molecular formula is C14H17BrN2O3. The highest BCUT2D eigenvalue weighted by molar-refractivity contribution is 9.10. The second kappa shape index (κ2) is 5.83. The largest absolute Gasteiger partial charge is 0.478 e. The third-order valence-electron chi connectivity index (χ3n) is 3.73. The summed E-state index contributed by atoms with van der Waals surface area (Å²) in [6, 6.07) is 4.53.